The van der Waals surface area contributed by atoms with Crippen LogP contribution in [0.1, 0.15) is 27.2 Å². The van der Waals surface area contributed by atoms with Crippen LogP contribution in [-0.2, 0) is 0 Å². The summed E-state index contributed by atoms with van der Waals surface area (Å²) < 4.78 is 0. The number of nitrogen functional groups attached to an aromatic ring is 1. The second-order valence-corrected chi connectivity index (χ2v) is 5.17. The first-order valence-electron chi connectivity index (χ1n) is 5.31. The van der Waals surface area contributed by atoms with E-state index in [9.17, 15) is 0 Å². The van der Waals surface area contributed by atoms with Crippen molar-refractivity contribution in [2.45, 2.75) is 27.2 Å². The predicted molar refractivity (Wildman–Crippen MR) is 66.0 cm³/mol. The number of hydrogen-bond acceptors (Lipinski definition) is 3. The molecule has 0 amide bonds. The van der Waals surface area contributed by atoms with Crippen LogP contribution >= 0.6 is 0 Å². The second kappa shape index (κ2) is 4.51. The van der Waals surface area contributed by atoms with Gasteiger partial charge in [0.25, 0.3) is 0 Å². The number of rotatable bonds is 3. The van der Waals surface area contributed by atoms with Crippen molar-refractivity contribution < 1.29 is 0 Å². The van der Waals surface area contributed by atoms with Crippen LogP contribution in [0.3, 0.4) is 0 Å². The molecule has 84 valence electrons. The molecule has 0 bridgehead atoms. The van der Waals surface area contributed by atoms with Gasteiger partial charge in [-0.15, -0.1) is 0 Å². The minimum atomic E-state index is 0.357. The van der Waals surface area contributed by atoms with E-state index in [0.29, 0.717) is 5.41 Å². The van der Waals surface area contributed by atoms with Crippen LogP contribution in [-0.4, -0.2) is 18.6 Å². The molecule has 1 aromatic rings. The Morgan fingerprint density at radius 3 is 2.60 bits per heavy atom. The first kappa shape index (κ1) is 11.8. The molecule has 0 saturated carbocycles. The predicted octanol–water partition coefficient (Wildman–Crippen LogP) is 2.54. The molecule has 0 aliphatic carbocycles. The Labute approximate surface area is 92.3 Å². The fourth-order valence-electron chi connectivity index (χ4n) is 1.37. The molecule has 0 atom stereocenters. The number of nitrogens with two attached hydrogens (primary N) is 1. The lowest BCUT2D eigenvalue weighted by Crippen LogP contribution is -2.23. The van der Waals surface area contributed by atoms with Crippen LogP contribution in [0.4, 0.5) is 11.4 Å². The number of nitrogens with zero attached hydrogens (tertiary/aromatic N) is 2. The normalized spacial score (nSPS) is 11.5. The Morgan fingerprint density at radius 2 is 2.07 bits per heavy atom. The van der Waals surface area contributed by atoms with E-state index in [1.165, 1.54) is 0 Å². The Kier molecular flexibility index (Phi) is 3.56. The van der Waals surface area contributed by atoms with E-state index in [1.54, 1.807) is 12.4 Å². The molecule has 3 heteroatoms. The standard InChI is InChI=1S/C12H21N3/c1-12(2,3)6-8-15(4)11-5-7-14-9-10(11)13/h5,7,9H,6,8,13H2,1-4H3. The summed E-state index contributed by atoms with van der Waals surface area (Å²) in [4.78, 5) is 6.17. The van der Waals surface area contributed by atoms with E-state index in [0.717, 1.165) is 24.3 Å². The Hall–Kier alpha value is -1.25. The van der Waals surface area contributed by atoms with E-state index in [2.05, 4.69) is 37.7 Å². The van der Waals surface area contributed by atoms with Crippen LogP contribution in [0.5, 0.6) is 0 Å². The summed E-state index contributed by atoms with van der Waals surface area (Å²) >= 11 is 0. The minimum Gasteiger partial charge on any atom is -0.396 e. The van der Waals surface area contributed by atoms with Gasteiger partial charge >= 0.3 is 0 Å². The lowest BCUT2D eigenvalue weighted by Gasteiger charge is -2.25. The topological polar surface area (TPSA) is 42.2 Å². The fraction of sp³-hybridized carbons (Fsp3) is 0.583. The van der Waals surface area contributed by atoms with Gasteiger partial charge in [-0.2, -0.15) is 0 Å². The van der Waals surface area contributed by atoms with Crippen molar-refractivity contribution in [2.24, 2.45) is 5.41 Å². The molecule has 0 aromatic carbocycles. The molecule has 1 heterocycles. The van der Waals surface area contributed by atoms with Gasteiger partial charge in [0.15, 0.2) is 0 Å². The third-order valence-corrected chi connectivity index (χ3v) is 2.44. The third kappa shape index (κ3) is 3.78. The highest BCUT2D eigenvalue weighted by molar-refractivity contribution is 5.65. The van der Waals surface area contributed by atoms with Crippen molar-refractivity contribution in [3.63, 3.8) is 0 Å². The Balaban J connectivity index is 2.62. The van der Waals surface area contributed by atoms with Crippen molar-refractivity contribution in [3.8, 4) is 0 Å². The zero-order valence-electron chi connectivity index (χ0n) is 10.1. The van der Waals surface area contributed by atoms with Gasteiger partial charge in [0.05, 0.1) is 17.6 Å². The number of pyridine rings is 1. The van der Waals surface area contributed by atoms with Crippen LogP contribution in [0, 0.1) is 5.41 Å². The molecule has 0 fully saturated rings. The molecule has 3 nitrogen and oxygen atoms in total. The SMILES string of the molecule is CN(CCC(C)(C)C)c1ccncc1N. The summed E-state index contributed by atoms with van der Waals surface area (Å²) in [6, 6.07) is 1.96. The van der Waals surface area contributed by atoms with Crippen LogP contribution in [0.15, 0.2) is 18.5 Å². The molecule has 0 aliphatic rings. The summed E-state index contributed by atoms with van der Waals surface area (Å²) in [5.74, 6) is 0. The van der Waals surface area contributed by atoms with Gasteiger partial charge in [-0.1, -0.05) is 20.8 Å². The third-order valence-electron chi connectivity index (χ3n) is 2.44. The molecule has 2 N–H and O–H groups in total. The van der Waals surface area contributed by atoms with Crippen molar-refractivity contribution >= 4 is 11.4 Å². The van der Waals surface area contributed by atoms with Gasteiger partial charge in [-0.05, 0) is 17.9 Å². The second-order valence-electron chi connectivity index (χ2n) is 5.17. The smallest absolute Gasteiger partial charge is 0.0738 e. The zero-order valence-corrected chi connectivity index (χ0v) is 10.1. The average molecular weight is 207 g/mol. The van der Waals surface area contributed by atoms with Gasteiger partial charge in [-0.25, -0.2) is 0 Å². The quantitative estimate of drug-likeness (QED) is 0.828. The van der Waals surface area contributed by atoms with E-state index >= 15 is 0 Å². The molecule has 1 rings (SSSR count). The summed E-state index contributed by atoms with van der Waals surface area (Å²) in [7, 11) is 2.07. The molecule has 1 aromatic heterocycles. The van der Waals surface area contributed by atoms with Gasteiger partial charge in [0.2, 0.25) is 0 Å². The number of hydrogen-bond donors (Lipinski definition) is 1. The maximum atomic E-state index is 5.86. The number of anilines is 2. The van der Waals surface area contributed by atoms with Crippen molar-refractivity contribution in [2.75, 3.05) is 24.2 Å². The summed E-state index contributed by atoms with van der Waals surface area (Å²) in [5.41, 5.74) is 8.02. The largest absolute Gasteiger partial charge is 0.396 e. The summed E-state index contributed by atoms with van der Waals surface area (Å²) in [6.07, 6.45) is 4.62. The molecular formula is C12H21N3. The molecule has 0 radical (unpaired) electrons. The molecular weight excluding hydrogens is 186 g/mol. The van der Waals surface area contributed by atoms with Crippen molar-refractivity contribution in [1.82, 2.24) is 4.98 Å². The van der Waals surface area contributed by atoms with Crippen molar-refractivity contribution in [3.05, 3.63) is 18.5 Å². The molecule has 0 unspecified atom stereocenters. The van der Waals surface area contributed by atoms with Gasteiger partial charge < -0.3 is 10.6 Å². The number of aromatic nitrogens is 1. The van der Waals surface area contributed by atoms with E-state index in [-0.39, 0.29) is 0 Å². The van der Waals surface area contributed by atoms with Crippen molar-refractivity contribution in [1.29, 1.82) is 0 Å². The van der Waals surface area contributed by atoms with Gasteiger partial charge in [0, 0.05) is 19.8 Å². The maximum Gasteiger partial charge on any atom is 0.0738 e. The monoisotopic (exact) mass is 207 g/mol. The zero-order chi connectivity index (χ0) is 11.5. The van der Waals surface area contributed by atoms with E-state index in [4.69, 9.17) is 5.73 Å². The summed E-state index contributed by atoms with van der Waals surface area (Å²) in [5, 5.41) is 0. The Morgan fingerprint density at radius 1 is 1.40 bits per heavy atom. The first-order valence-corrected chi connectivity index (χ1v) is 5.31. The van der Waals surface area contributed by atoms with E-state index < -0.39 is 0 Å². The lowest BCUT2D eigenvalue weighted by molar-refractivity contribution is 0.382. The van der Waals surface area contributed by atoms with Gasteiger partial charge in [0.1, 0.15) is 0 Å². The minimum absolute atomic E-state index is 0.357. The maximum absolute atomic E-state index is 5.86. The highest BCUT2D eigenvalue weighted by Crippen LogP contribution is 2.23. The fourth-order valence-corrected chi connectivity index (χ4v) is 1.37. The first-order chi connectivity index (χ1) is 6.90. The molecule has 0 aliphatic heterocycles. The highest BCUT2D eigenvalue weighted by atomic mass is 15.1. The molecule has 0 spiro atoms. The molecule has 15 heavy (non-hydrogen) atoms. The van der Waals surface area contributed by atoms with Gasteiger partial charge in [-0.3, -0.25) is 4.98 Å². The van der Waals surface area contributed by atoms with Crippen LogP contribution in [0.25, 0.3) is 0 Å². The van der Waals surface area contributed by atoms with Crippen LogP contribution in [0.2, 0.25) is 0 Å². The average Bonchev–Trinajstić information content (AvgIpc) is 2.14. The van der Waals surface area contributed by atoms with E-state index in [1.807, 2.05) is 6.07 Å². The highest BCUT2D eigenvalue weighted by Gasteiger charge is 2.12. The summed E-state index contributed by atoms with van der Waals surface area (Å²) in [6.45, 7) is 7.75. The lowest BCUT2D eigenvalue weighted by atomic mass is 9.92. The molecule has 0 saturated heterocycles. The Bertz CT molecular complexity index is 315. The van der Waals surface area contributed by atoms with Crippen LogP contribution < -0.4 is 10.6 Å².